The molecule has 25 heavy (non-hydrogen) atoms. The summed E-state index contributed by atoms with van der Waals surface area (Å²) in [6, 6.07) is 14.6. The number of halogens is 1. The summed E-state index contributed by atoms with van der Waals surface area (Å²) in [5.74, 6) is -0.942. The number of fused-ring (bicyclic) bond motifs is 1. The number of aromatic carboxylic acids is 1. The quantitative estimate of drug-likeness (QED) is 0.744. The van der Waals surface area contributed by atoms with Crippen molar-refractivity contribution in [2.24, 2.45) is 0 Å². The van der Waals surface area contributed by atoms with E-state index in [2.05, 4.69) is 11.2 Å². The lowest BCUT2D eigenvalue weighted by Crippen LogP contribution is -2.03. The number of carbonyl (C=O) groups is 1. The molecule has 0 saturated heterocycles. The Bertz CT molecular complexity index is 987. The molecule has 0 atom stereocenters. The van der Waals surface area contributed by atoms with Gasteiger partial charge in [-0.2, -0.15) is 5.10 Å². The second kappa shape index (κ2) is 6.22. The van der Waals surface area contributed by atoms with Crippen molar-refractivity contribution < 1.29 is 9.90 Å². The van der Waals surface area contributed by atoms with Gasteiger partial charge in [0.05, 0.1) is 23.1 Å². The minimum Gasteiger partial charge on any atom is -0.478 e. The summed E-state index contributed by atoms with van der Waals surface area (Å²) >= 11 is 5.95. The van der Waals surface area contributed by atoms with Crippen molar-refractivity contribution in [1.29, 1.82) is 0 Å². The molecule has 3 aromatic rings. The van der Waals surface area contributed by atoms with E-state index in [1.54, 1.807) is 18.2 Å². The molecule has 1 heterocycles. The van der Waals surface area contributed by atoms with E-state index in [0.717, 1.165) is 29.8 Å². The van der Waals surface area contributed by atoms with Gasteiger partial charge in [0.1, 0.15) is 0 Å². The van der Waals surface area contributed by atoms with Crippen LogP contribution in [-0.2, 0) is 6.42 Å². The summed E-state index contributed by atoms with van der Waals surface area (Å²) in [7, 11) is 0. The molecule has 4 nitrogen and oxygen atoms in total. The van der Waals surface area contributed by atoms with Crippen molar-refractivity contribution >= 4 is 29.2 Å². The summed E-state index contributed by atoms with van der Waals surface area (Å²) in [6.45, 7) is 0. The molecule has 1 aliphatic carbocycles. The smallest absolute Gasteiger partial charge is 0.335 e. The van der Waals surface area contributed by atoms with Gasteiger partial charge >= 0.3 is 5.97 Å². The summed E-state index contributed by atoms with van der Waals surface area (Å²) in [4.78, 5) is 11.2. The third-order valence-corrected chi connectivity index (χ3v) is 4.61. The lowest BCUT2D eigenvalue weighted by atomic mass is 10.1. The van der Waals surface area contributed by atoms with Gasteiger partial charge in [-0.15, -0.1) is 0 Å². The predicted octanol–water partition coefficient (Wildman–Crippen LogP) is 4.71. The molecule has 0 unspecified atom stereocenters. The molecule has 0 radical (unpaired) electrons. The summed E-state index contributed by atoms with van der Waals surface area (Å²) in [5, 5.41) is 14.4. The number of allylic oxidation sites excluding steroid dienone is 1. The number of carboxylic acids is 1. The van der Waals surface area contributed by atoms with Crippen molar-refractivity contribution in [2.45, 2.75) is 12.8 Å². The maximum absolute atomic E-state index is 11.2. The molecule has 2 aromatic carbocycles. The molecule has 5 heteroatoms. The Kier molecular flexibility index (Phi) is 3.90. The summed E-state index contributed by atoms with van der Waals surface area (Å²) < 4.78 is 1.83. The van der Waals surface area contributed by atoms with Crippen LogP contribution in [0.3, 0.4) is 0 Å². The van der Waals surface area contributed by atoms with Gasteiger partial charge in [-0.1, -0.05) is 29.8 Å². The van der Waals surface area contributed by atoms with E-state index in [4.69, 9.17) is 11.6 Å². The number of nitrogens with zero attached hydrogens (tertiary/aromatic N) is 2. The standard InChI is InChI=1S/C20H15ClN2O2/c21-17-8-4-13(5-9-17)10-14-6-7-16-12-22-23(19(14)16)18-3-1-2-15(11-18)20(24)25/h1-5,8-12H,6-7H2,(H,24,25). The zero-order valence-electron chi connectivity index (χ0n) is 13.3. The molecule has 1 N–H and O–H groups in total. The first-order valence-corrected chi connectivity index (χ1v) is 8.37. The zero-order chi connectivity index (χ0) is 17.4. The number of carboxylic acid groups (broad SMARTS) is 1. The second-order valence-corrected chi connectivity index (χ2v) is 6.44. The van der Waals surface area contributed by atoms with Crippen LogP contribution in [0.5, 0.6) is 0 Å². The number of aromatic nitrogens is 2. The fraction of sp³-hybridized carbons (Fsp3) is 0.100. The highest BCUT2D eigenvalue weighted by Crippen LogP contribution is 2.35. The highest BCUT2D eigenvalue weighted by molar-refractivity contribution is 6.30. The van der Waals surface area contributed by atoms with Gasteiger partial charge in [-0.3, -0.25) is 0 Å². The maximum Gasteiger partial charge on any atom is 0.335 e. The lowest BCUT2D eigenvalue weighted by Gasteiger charge is -2.09. The molecule has 0 fully saturated rings. The molecular formula is C20H15ClN2O2. The van der Waals surface area contributed by atoms with Gasteiger partial charge in [0.25, 0.3) is 0 Å². The first kappa shape index (κ1) is 15.7. The number of benzene rings is 2. The Hall–Kier alpha value is -2.85. The first-order chi connectivity index (χ1) is 12.1. The Morgan fingerprint density at radius 2 is 1.96 bits per heavy atom. The van der Waals surface area contributed by atoms with Gasteiger partial charge in [-0.05, 0) is 65.9 Å². The second-order valence-electron chi connectivity index (χ2n) is 6.01. The van der Waals surface area contributed by atoms with Crippen LogP contribution < -0.4 is 0 Å². The van der Waals surface area contributed by atoms with Crippen molar-refractivity contribution in [2.75, 3.05) is 0 Å². The van der Waals surface area contributed by atoms with Crippen molar-refractivity contribution in [3.05, 3.63) is 82.1 Å². The molecule has 124 valence electrons. The monoisotopic (exact) mass is 350 g/mol. The lowest BCUT2D eigenvalue weighted by molar-refractivity contribution is 0.0697. The topological polar surface area (TPSA) is 55.1 Å². The molecule has 4 rings (SSSR count). The highest BCUT2D eigenvalue weighted by Gasteiger charge is 2.23. The minimum atomic E-state index is -0.942. The van der Waals surface area contributed by atoms with Crippen LogP contribution in [0.4, 0.5) is 0 Å². The van der Waals surface area contributed by atoms with Gasteiger partial charge in [0.15, 0.2) is 0 Å². The van der Waals surface area contributed by atoms with E-state index in [-0.39, 0.29) is 5.56 Å². The van der Waals surface area contributed by atoms with Crippen LogP contribution >= 0.6 is 11.6 Å². The Labute approximate surface area is 150 Å². The Morgan fingerprint density at radius 3 is 2.72 bits per heavy atom. The van der Waals surface area contributed by atoms with E-state index in [1.165, 1.54) is 11.1 Å². The summed E-state index contributed by atoms with van der Waals surface area (Å²) in [5.41, 5.74) is 5.52. The summed E-state index contributed by atoms with van der Waals surface area (Å²) in [6.07, 6.45) is 5.88. The Morgan fingerprint density at radius 1 is 1.16 bits per heavy atom. The molecule has 1 aliphatic rings. The predicted molar refractivity (Wildman–Crippen MR) is 98.2 cm³/mol. The van der Waals surface area contributed by atoms with Gasteiger partial charge in [0.2, 0.25) is 0 Å². The van der Waals surface area contributed by atoms with Gasteiger partial charge in [-0.25, -0.2) is 9.48 Å². The maximum atomic E-state index is 11.2. The van der Waals surface area contributed by atoms with Crippen LogP contribution in [0.2, 0.25) is 5.02 Å². The van der Waals surface area contributed by atoms with E-state index in [9.17, 15) is 9.90 Å². The average Bonchev–Trinajstić information content (AvgIpc) is 3.20. The largest absolute Gasteiger partial charge is 0.478 e. The van der Waals surface area contributed by atoms with Gasteiger partial charge in [0, 0.05) is 5.02 Å². The van der Waals surface area contributed by atoms with Crippen LogP contribution in [0.15, 0.2) is 54.7 Å². The Balaban J connectivity index is 1.78. The highest BCUT2D eigenvalue weighted by atomic mass is 35.5. The number of rotatable bonds is 3. The van der Waals surface area contributed by atoms with Gasteiger partial charge < -0.3 is 5.11 Å². The van der Waals surface area contributed by atoms with E-state index < -0.39 is 5.97 Å². The number of hydrogen-bond acceptors (Lipinski definition) is 2. The first-order valence-electron chi connectivity index (χ1n) is 7.99. The van der Waals surface area contributed by atoms with Crippen molar-refractivity contribution in [3.8, 4) is 5.69 Å². The molecular weight excluding hydrogens is 336 g/mol. The molecule has 0 aliphatic heterocycles. The van der Waals surface area contributed by atoms with Crippen molar-refractivity contribution in [1.82, 2.24) is 9.78 Å². The van der Waals surface area contributed by atoms with Crippen LogP contribution in [0.1, 0.15) is 33.6 Å². The average molecular weight is 351 g/mol. The fourth-order valence-corrected chi connectivity index (χ4v) is 3.29. The molecule has 0 spiro atoms. The van der Waals surface area contributed by atoms with E-state index >= 15 is 0 Å². The number of aryl methyl sites for hydroxylation is 1. The van der Waals surface area contributed by atoms with Crippen LogP contribution in [0.25, 0.3) is 17.3 Å². The van der Waals surface area contributed by atoms with E-state index in [1.807, 2.05) is 41.2 Å². The SMILES string of the molecule is O=C(O)c1cccc(-n2ncc3c2C(=Cc2ccc(Cl)cc2)CC3)c1. The molecule has 0 amide bonds. The third-order valence-electron chi connectivity index (χ3n) is 4.36. The normalized spacial score (nSPS) is 14.7. The molecule has 0 saturated carbocycles. The fourth-order valence-electron chi connectivity index (χ4n) is 3.16. The number of hydrogen-bond donors (Lipinski definition) is 1. The molecule has 1 aromatic heterocycles. The third kappa shape index (κ3) is 2.96. The van der Waals surface area contributed by atoms with Crippen LogP contribution in [-0.4, -0.2) is 20.9 Å². The van der Waals surface area contributed by atoms with E-state index in [0.29, 0.717) is 5.02 Å². The minimum absolute atomic E-state index is 0.253. The van der Waals surface area contributed by atoms with Crippen LogP contribution in [0, 0.1) is 0 Å². The van der Waals surface area contributed by atoms with Crippen molar-refractivity contribution in [3.63, 3.8) is 0 Å². The zero-order valence-corrected chi connectivity index (χ0v) is 14.1. The molecule has 0 bridgehead atoms.